The van der Waals surface area contributed by atoms with Gasteiger partial charge in [0.15, 0.2) is 6.17 Å². The molecule has 3 rings (SSSR count). The van der Waals surface area contributed by atoms with Gasteiger partial charge in [-0.25, -0.2) is 12.8 Å². The molecule has 1 heterocycles. The molecule has 0 radical (unpaired) electrons. The molecule has 0 saturated heterocycles. The van der Waals surface area contributed by atoms with Crippen molar-refractivity contribution in [1.29, 1.82) is 0 Å². The quantitative estimate of drug-likeness (QED) is 0.673. The van der Waals surface area contributed by atoms with Crippen molar-refractivity contribution in [2.75, 3.05) is 10.6 Å². The summed E-state index contributed by atoms with van der Waals surface area (Å²) in [5.74, 6) is -1.49. The second kappa shape index (κ2) is 6.50. The average molecular weight is 403 g/mol. The Labute approximate surface area is 151 Å². The summed E-state index contributed by atoms with van der Waals surface area (Å²) in [5, 5.41) is 4.72. The lowest BCUT2D eigenvalue weighted by atomic mass is 10.2. The largest absolute Gasteiger partial charge is 0.416 e. The van der Waals surface area contributed by atoms with E-state index in [2.05, 4.69) is 10.6 Å². The summed E-state index contributed by atoms with van der Waals surface area (Å²) in [4.78, 5) is 11.9. The first-order valence-corrected chi connectivity index (χ1v) is 9.03. The van der Waals surface area contributed by atoms with E-state index >= 15 is 0 Å². The van der Waals surface area contributed by atoms with Crippen LogP contribution in [-0.2, 0) is 21.0 Å². The van der Waals surface area contributed by atoms with Crippen molar-refractivity contribution in [3.05, 3.63) is 53.3 Å². The zero-order valence-corrected chi connectivity index (χ0v) is 14.5. The maximum Gasteiger partial charge on any atom is 0.416 e. The smallest absolute Gasteiger partial charge is 0.360 e. The molecule has 2 aromatic carbocycles. The first kappa shape index (κ1) is 19.1. The molecule has 11 heteroatoms. The van der Waals surface area contributed by atoms with Crippen molar-refractivity contribution >= 4 is 27.3 Å². The molecular weight excluding hydrogens is 390 g/mol. The van der Waals surface area contributed by atoms with Crippen LogP contribution >= 0.6 is 0 Å². The number of alkyl halides is 3. The van der Waals surface area contributed by atoms with E-state index in [1.807, 2.05) is 4.72 Å². The lowest BCUT2D eigenvalue weighted by molar-refractivity contribution is -0.137. The molecule has 0 saturated carbocycles. The van der Waals surface area contributed by atoms with Crippen LogP contribution in [0.3, 0.4) is 0 Å². The molecule has 1 aliphatic rings. The molecule has 0 bridgehead atoms. The number of hydrogen-bond donors (Lipinski definition) is 3. The van der Waals surface area contributed by atoms with Crippen LogP contribution in [0.5, 0.6) is 0 Å². The first-order chi connectivity index (χ1) is 12.5. The van der Waals surface area contributed by atoms with Crippen molar-refractivity contribution in [3.63, 3.8) is 0 Å². The highest BCUT2D eigenvalue weighted by molar-refractivity contribution is 7.89. The van der Waals surface area contributed by atoms with Crippen LogP contribution in [0, 0.1) is 12.7 Å². The van der Waals surface area contributed by atoms with E-state index in [9.17, 15) is 30.8 Å². The molecule has 1 atom stereocenters. The number of hydrogen-bond acceptors (Lipinski definition) is 4. The number of fused-ring (bicyclic) bond motifs is 1. The lowest BCUT2D eigenvalue weighted by Crippen LogP contribution is -2.51. The van der Waals surface area contributed by atoms with Crippen molar-refractivity contribution in [3.8, 4) is 0 Å². The molecule has 1 aliphatic heterocycles. The predicted octanol–water partition coefficient (Wildman–Crippen LogP) is 2.82. The number of nitrogens with one attached hydrogen (secondary N) is 3. The van der Waals surface area contributed by atoms with E-state index in [0.717, 1.165) is 12.1 Å². The third-order valence-electron chi connectivity index (χ3n) is 3.87. The van der Waals surface area contributed by atoms with E-state index in [1.165, 1.54) is 19.1 Å². The molecule has 0 spiro atoms. The molecule has 27 heavy (non-hydrogen) atoms. The Morgan fingerprint density at radius 1 is 1.15 bits per heavy atom. The number of carbonyl (C=O) groups excluding carboxylic acids is 1. The molecule has 1 amide bonds. The number of rotatable bonds is 2. The predicted molar refractivity (Wildman–Crippen MR) is 88.9 cm³/mol. The fraction of sp³-hybridized carbons (Fsp3) is 0.188. The summed E-state index contributed by atoms with van der Waals surface area (Å²) in [6.07, 6.45) is -6.25. The number of carbonyl (C=O) groups is 1. The zero-order valence-electron chi connectivity index (χ0n) is 13.7. The summed E-state index contributed by atoms with van der Waals surface area (Å²) < 4.78 is 78.6. The normalized spacial score (nSPS) is 18.3. The highest BCUT2D eigenvalue weighted by atomic mass is 32.2. The standard InChI is InChI=1S/C16H13F4N3O3S/c1-8-2-4-10(7-11(8)17)21-15(24)14-22-12-6-9(16(18,19)20)3-5-13(12)27(25,26)23-14/h2-7,14,22-23H,1H3,(H,21,24). The zero-order chi connectivity index (χ0) is 20.0. The third kappa shape index (κ3) is 3.88. The van der Waals surface area contributed by atoms with Gasteiger partial charge in [0, 0.05) is 5.69 Å². The minimum absolute atomic E-state index is 0.0685. The summed E-state index contributed by atoms with van der Waals surface area (Å²) in [5.41, 5.74) is -1.01. The van der Waals surface area contributed by atoms with Crippen LogP contribution in [0.4, 0.5) is 28.9 Å². The van der Waals surface area contributed by atoms with Gasteiger partial charge in [0.2, 0.25) is 10.0 Å². The van der Waals surface area contributed by atoms with Gasteiger partial charge in [-0.15, -0.1) is 0 Å². The topological polar surface area (TPSA) is 87.3 Å². The van der Waals surface area contributed by atoms with Crippen LogP contribution < -0.4 is 15.4 Å². The van der Waals surface area contributed by atoms with Gasteiger partial charge in [0.1, 0.15) is 10.7 Å². The summed E-state index contributed by atoms with van der Waals surface area (Å²) >= 11 is 0. The van der Waals surface area contributed by atoms with Gasteiger partial charge in [-0.1, -0.05) is 6.07 Å². The number of benzene rings is 2. The molecule has 1 unspecified atom stereocenters. The highest BCUT2D eigenvalue weighted by Gasteiger charge is 2.37. The molecular formula is C16H13F4N3O3S. The number of anilines is 2. The second-order valence-corrected chi connectivity index (χ2v) is 7.54. The molecule has 6 nitrogen and oxygen atoms in total. The minimum atomic E-state index is -4.68. The number of sulfonamides is 1. The molecule has 0 fully saturated rings. The maximum atomic E-state index is 13.6. The van der Waals surface area contributed by atoms with Crippen LogP contribution in [0.2, 0.25) is 0 Å². The van der Waals surface area contributed by atoms with Gasteiger partial charge in [-0.2, -0.15) is 17.9 Å². The van der Waals surface area contributed by atoms with Gasteiger partial charge in [-0.3, -0.25) is 4.79 Å². The summed E-state index contributed by atoms with van der Waals surface area (Å²) in [7, 11) is -4.22. The Morgan fingerprint density at radius 3 is 2.48 bits per heavy atom. The van der Waals surface area contributed by atoms with E-state index in [0.29, 0.717) is 17.7 Å². The SMILES string of the molecule is Cc1ccc(NC(=O)C2Nc3cc(C(F)(F)F)ccc3S(=O)(=O)N2)cc1F. The molecule has 0 aliphatic carbocycles. The minimum Gasteiger partial charge on any atom is -0.360 e. The monoisotopic (exact) mass is 403 g/mol. The van der Waals surface area contributed by atoms with Crippen molar-refractivity contribution in [2.45, 2.75) is 24.2 Å². The van der Waals surface area contributed by atoms with Gasteiger partial charge in [-0.05, 0) is 42.8 Å². The number of aryl methyl sites for hydroxylation is 1. The fourth-order valence-corrected chi connectivity index (χ4v) is 3.72. The van der Waals surface area contributed by atoms with Crippen molar-refractivity contribution in [2.24, 2.45) is 0 Å². The van der Waals surface area contributed by atoms with Gasteiger partial charge >= 0.3 is 6.18 Å². The first-order valence-electron chi connectivity index (χ1n) is 7.54. The summed E-state index contributed by atoms with van der Waals surface area (Å²) in [6.45, 7) is 1.52. The maximum absolute atomic E-state index is 13.6. The fourth-order valence-electron chi connectivity index (χ4n) is 2.46. The molecule has 3 N–H and O–H groups in total. The van der Waals surface area contributed by atoms with E-state index < -0.39 is 44.5 Å². The van der Waals surface area contributed by atoms with Gasteiger partial charge < -0.3 is 10.6 Å². The van der Waals surface area contributed by atoms with Crippen LogP contribution in [0.15, 0.2) is 41.3 Å². The van der Waals surface area contributed by atoms with E-state index in [-0.39, 0.29) is 11.4 Å². The molecule has 2 aromatic rings. The Bertz CT molecular complexity index is 1020. The van der Waals surface area contributed by atoms with Crippen LogP contribution in [-0.4, -0.2) is 20.5 Å². The Kier molecular flexibility index (Phi) is 4.60. The third-order valence-corrected chi connectivity index (χ3v) is 5.35. The van der Waals surface area contributed by atoms with Gasteiger partial charge in [0.25, 0.3) is 5.91 Å². The van der Waals surface area contributed by atoms with E-state index in [4.69, 9.17) is 0 Å². The summed E-state index contributed by atoms with van der Waals surface area (Å²) in [6, 6.07) is 5.91. The number of amides is 1. The molecule has 144 valence electrons. The molecule has 0 aromatic heterocycles. The Morgan fingerprint density at radius 2 is 1.85 bits per heavy atom. The van der Waals surface area contributed by atoms with Crippen LogP contribution in [0.25, 0.3) is 0 Å². The van der Waals surface area contributed by atoms with Crippen LogP contribution in [0.1, 0.15) is 11.1 Å². The lowest BCUT2D eigenvalue weighted by Gasteiger charge is -2.27. The average Bonchev–Trinajstić information content (AvgIpc) is 2.56. The second-order valence-electron chi connectivity index (χ2n) is 5.86. The Hall–Kier alpha value is -2.66. The Balaban J connectivity index is 1.89. The van der Waals surface area contributed by atoms with Crippen molar-refractivity contribution in [1.82, 2.24) is 4.72 Å². The van der Waals surface area contributed by atoms with E-state index in [1.54, 1.807) is 0 Å². The van der Waals surface area contributed by atoms with Crippen molar-refractivity contribution < 1.29 is 30.8 Å². The highest BCUT2D eigenvalue weighted by Crippen LogP contribution is 2.35. The van der Waals surface area contributed by atoms with Gasteiger partial charge in [0.05, 0.1) is 11.3 Å². The number of halogens is 4.